The molecule has 0 radical (unpaired) electrons. The molecule has 0 unspecified atom stereocenters. The molecular formula is C17H20N2O3. The maximum atomic E-state index is 11.8. The van der Waals surface area contributed by atoms with E-state index >= 15 is 0 Å². The molecule has 1 heterocycles. The number of nitrogens with two attached hydrogens (primary N) is 1. The Bertz CT molecular complexity index is 639. The van der Waals surface area contributed by atoms with E-state index in [1.807, 2.05) is 13.0 Å². The minimum atomic E-state index is -0.361. The van der Waals surface area contributed by atoms with Gasteiger partial charge in [0.05, 0.1) is 18.8 Å². The van der Waals surface area contributed by atoms with Crippen molar-refractivity contribution in [2.45, 2.75) is 20.3 Å². The Morgan fingerprint density at radius 1 is 1.23 bits per heavy atom. The standard InChI is InChI=1S/C17H20N2O3/c1-3-9-22-16-8-6-13(11-19-16)14-10-12(5-7-15(14)18)17(20)21-4-2/h5-8,10-11H,3-4,9,18H2,1-2H3. The van der Waals surface area contributed by atoms with E-state index in [9.17, 15) is 4.79 Å². The molecule has 0 aliphatic rings. The molecule has 0 aliphatic carbocycles. The van der Waals surface area contributed by atoms with Gasteiger partial charge in [-0.2, -0.15) is 0 Å². The van der Waals surface area contributed by atoms with Gasteiger partial charge < -0.3 is 15.2 Å². The van der Waals surface area contributed by atoms with Gasteiger partial charge in [-0.05, 0) is 37.6 Å². The Labute approximate surface area is 130 Å². The Kier molecular flexibility index (Phi) is 5.36. The summed E-state index contributed by atoms with van der Waals surface area (Å²) in [5.74, 6) is 0.213. The van der Waals surface area contributed by atoms with Crippen LogP contribution in [-0.4, -0.2) is 24.2 Å². The first kappa shape index (κ1) is 15.8. The Morgan fingerprint density at radius 2 is 2.05 bits per heavy atom. The molecule has 2 rings (SSSR count). The molecule has 5 nitrogen and oxygen atoms in total. The largest absolute Gasteiger partial charge is 0.478 e. The van der Waals surface area contributed by atoms with Crippen molar-refractivity contribution in [3.63, 3.8) is 0 Å². The Hall–Kier alpha value is -2.56. The van der Waals surface area contributed by atoms with Crippen LogP contribution in [0.4, 0.5) is 5.69 Å². The first-order chi connectivity index (χ1) is 10.7. The van der Waals surface area contributed by atoms with Gasteiger partial charge in [0.25, 0.3) is 0 Å². The Morgan fingerprint density at radius 3 is 2.68 bits per heavy atom. The summed E-state index contributed by atoms with van der Waals surface area (Å²) in [4.78, 5) is 16.1. The van der Waals surface area contributed by atoms with Crippen molar-refractivity contribution < 1.29 is 14.3 Å². The van der Waals surface area contributed by atoms with E-state index in [0.29, 0.717) is 30.3 Å². The van der Waals surface area contributed by atoms with Crippen molar-refractivity contribution in [3.8, 4) is 17.0 Å². The number of hydrogen-bond donors (Lipinski definition) is 1. The van der Waals surface area contributed by atoms with Gasteiger partial charge in [0, 0.05) is 29.1 Å². The van der Waals surface area contributed by atoms with Crippen LogP contribution in [0.1, 0.15) is 30.6 Å². The van der Waals surface area contributed by atoms with E-state index < -0.39 is 0 Å². The van der Waals surface area contributed by atoms with Crippen LogP contribution in [-0.2, 0) is 4.74 Å². The lowest BCUT2D eigenvalue weighted by molar-refractivity contribution is 0.0526. The third-order valence-corrected chi connectivity index (χ3v) is 3.07. The molecule has 0 bridgehead atoms. The Balaban J connectivity index is 2.27. The summed E-state index contributed by atoms with van der Waals surface area (Å²) in [6.45, 7) is 4.78. The van der Waals surface area contributed by atoms with Crippen molar-refractivity contribution >= 4 is 11.7 Å². The van der Waals surface area contributed by atoms with Crippen LogP contribution in [0.5, 0.6) is 5.88 Å². The van der Waals surface area contributed by atoms with Crippen molar-refractivity contribution in [3.05, 3.63) is 42.1 Å². The van der Waals surface area contributed by atoms with Gasteiger partial charge in [-0.3, -0.25) is 0 Å². The number of nitrogen functional groups attached to an aromatic ring is 1. The number of benzene rings is 1. The fourth-order valence-electron chi connectivity index (χ4n) is 1.98. The van der Waals surface area contributed by atoms with Crippen molar-refractivity contribution in [1.82, 2.24) is 4.98 Å². The summed E-state index contributed by atoms with van der Waals surface area (Å²) in [6.07, 6.45) is 2.61. The number of carbonyl (C=O) groups excluding carboxylic acids is 1. The fourth-order valence-corrected chi connectivity index (χ4v) is 1.98. The second-order valence-corrected chi connectivity index (χ2v) is 4.76. The zero-order valence-corrected chi connectivity index (χ0v) is 12.8. The smallest absolute Gasteiger partial charge is 0.338 e. The van der Waals surface area contributed by atoms with E-state index in [1.165, 1.54) is 0 Å². The maximum absolute atomic E-state index is 11.8. The molecule has 0 fully saturated rings. The third kappa shape index (κ3) is 3.75. The second kappa shape index (κ2) is 7.45. The van der Waals surface area contributed by atoms with E-state index in [2.05, 4.69) is 4.98 Å². The molecule has 116 valence electrons. The van der Waals surface area contributed by atoms with E-state index in [4.69, 9.17) is 15.2 Å². The first-order valence-electron chi connectivity index (χ1n) is 7.31. The SMILES string of the molecule is CCCOc1ccc(-c2cc(C(=O)OCC)ccc2N)cn1. The van der Waals surface area contributed by atoms with Gasteiger partial charge in [0.1, 0.15) is 0 Å². The zero-order valence-electron chi connectivity index (χ0n) is 12.8. The van der Waals surface area contributed by atoms with Crippen LogP contribution in [0.2, 0.25) is 0 Å². The number of aromatic nitrogens is 1. The molecule has 5 heteroatoms. The monoisotopic (exact) mass is 300 g/mol. The number of ether oxygens (including phenoxy) is 2. The van der Waals surface area contributed by atoms with E-state index in [-0.39, 0.29) is 5.97 Å². The second-order valence-electron chi connectivity index (χ2n) is 4.76. The maximum Gasteiger partial charge on any atom is 0.338 e. The van der Waals surface area contributed by atoms with E-state index in [1.54, 1.807) is 37.4 Å². The minimum absolute atomic E-state index is 0.337. The molecule has 22 heavy (non-hydrogen) atoms. The quantitative estimate of drug-likeness (QED) is 0.654. The highest BCUT2D eigenvalue weighted by Gasteiger charge is 2.11. The highest BCUT2D eigenvalue weighted by molar-refractivity contribution is 5.93. The van der Waals surface area contributed by atoms with Crippen LogP contribution in [0, 0.1) is 0 Å². The molecule has 2 N–H and O–H groups in total. The molecule has 0 aliphatic heterocycles. The summed E-state index contributed by atoms with van der Waals surface area (Å²) < 4.78 is 10.5. The summed E-state index contributed by atoms with van der Waals surface area (Å²) >= 11 is 0. The first-order valence-corrected chi connectivity index (χ1v) is 7.31. The number of esters is 1. The molecule has 1 aromatic carbocycles. The predicted molar refractivity (Wildman–Crippen MR) is 85.8 cm³/mol. The summed E-state index contributed by atoms with van der Waals surface area (Å²) in [6, 6.07) is 8.74. The molecule has 2 aromatic rings. The molecule has 0 spiro atoms. The molecule has 0 saturated heterocycles. The summed E-state index contributed by atoms with van der Waals surface area (Å²) in [5, 5.41) is 0. The van der Waals surface area contributed by atoms with Gasteiger partial charge in [-0.15, -0.1) is 0 Å². The minimum Gasteiger partial charge on any atom is -0.478 e. The summed E-state index contributed by atoms with van der Waals surface area (Å²) in [5.41, 5.74) is 8.63. The third-order valence-electron chi connectivity index (χ3n) is 3.07. The highest BCUT2D eigenvalue weighted by atomic mass is 16.5. The van der Waals surface area contributed by atoms with Crippen LogP contribution in [0.15, 0.2) is 36.5 Å². The lowest BCUT2D eigenvalue weighted by Gasteiger charge is -2.09. The van der Waals surface area contributed by atoms with Gasteiger partial charge >= 0.3 is 5.97 Å². The van der Waals surface area contributed by atoms with Crippen molar-refractivity contribution in [1.29, 1.82) is 0 Å². The average Bonchev–Trinajstić information content (AvgIpc) is 2.54. The van der Waals surface area contributed by atoms with Crippen LogP contribution in [0.3, 0.4) is 0 Å². The van der Waals surface area contributed by atoms with Crippen molar-refractivity contribution in [2.24, 2.45) is 0 Å². The number of anilines is 1. The average molecular weight is 300 g/mol. The van der Waals surface area contributed by atoms with Crippen molar-refractivity contribution in [2.75, 3.05) is 18.9 Å². The lowest BCUT2D eigenvalue weighted by Crippen LogP contribution is -2.05. The fraction of sp³-hybridized carbons (Fsp3) is 0.294. The number of pyridine rings is 1. The molecule has 0 amide bonds. The number of hydrogen-bond acceptors (Lipinski definition) is 5. The number of rotatable bonds is 6. The molecule has 0 saturated carbocycles. The predicted octanol–water partition coefficient (Wildman–Crippen LogP) is 3.30. The molecule has 0 atom stereocenters. The normalized spacial score (nSPS) is 10.3. The summed E-state index contributed by atoms with van der Waals surface area (Å²) in [7, 11) is 0. The van der Waals surface area contributed by atoms with Crippen LogP contribution < -0.4 is 10.5 Å². The van der Waals surface area contributed by atoms with Gasteiger partial charge in [-0.25, -0.2) is 9.78 Å². The van der Waals surface area contributed by atoms with Crippen LogP contribution >= 0.6 is 0 Å². The topological polar surface area (TPSA) is 74.4 Å². The van der Waals surface area contributed by atoms with Crippen LogP contribution in [0.25, 0.3) is 11.1 Å². The molecular weight excluding hydrogens is 280 g/mol. The van der Waals surface area contributed by atoms with E-state index in [0.717, 1.165) is 17.5 Å². The number of nitrogens with zero attached hydrogens (tertiary/aromatic N) is 1. The van der Waals surface area contributed by atoms with Gasteiger partial charge in [0.2, 0.25) is 5.88 Å². The highest BCUT2D eigenvalue weighted by Crippen LogP contribution is 2.27. The number of carbonyl (C=O) groups is 1. The zero-order chi connectivity index (χ0) is 15.9. The lowest BCUT2D eigenvalue weighted by atomic mass is 10.0. The van der Waals surface area contributed by atoms with Gasteiger partial charge in [-0.1, -0.05) is 6.92 Å². The van der Waals surface area contributed by atoms with Gasteiger partial charge in [0.15, 0.2) is 0 Å². The molecule has 1 aromatic heterocycles.